The van der Waals surface area contributed by atoms with Crippen molar-refractivity contribution in [2.75, 3.05) is 47.5 Å². The number of nitrogens with zero attached hydrogens (tertiary/aromatic N) is 1. The molecule has 0 heterocycles. The van der Waals surface area contributed by atoms with Gasteiger partial charge in [-0.3, -0.25) is 18.6 Å². The molecule has 0 amide bonds. The first-order chi connectivity index (χ1) is 43.0. The van der Waals surface area contributed by atoms with E-state index in [2.05, 4.69) is 184 Å². The van der Waals surface area contributed by atoms with Crippen LogP contribution in [0.2, 0.25) is 0 Å². The van der Waals surface area contributed by atoms with E-state index in [0.29, 0.717) is 17.4 Å². The summed E-state index contributed by atoms with van der Waals surface area (Å²) in [6.45, 7) is 4.18. The topological polar surface area (TPSA) is 108 Å². The maximum atomic E-state index is 12.9. The number of ether oxygens (including phenoxy) is 2. The Balaban J connectivity index is 4.13. The Bertz CT molecular complexity index is 2090. The second kappa shape index (κ2) is 66.8. The largest absolute Gasteiger partial charge is 0.472 e. The van der Waals surface area contributed by atoms with Crippen molar-refractivity contribution >= 4 is 19.8 Å². The number of phosphoric ester groups is 1. The first-order valence-corrected chi connectivity index (χ1v) is 36.4. The number of quaternary nitrogens is 1. The van der Waals surface area contributed by atoms with Gasteiger partial charge in [0.05, 0.1) is 27.7 Å². The maximum absolute atomic E-state index is 12.9. The van der Waals surface area contributed by atoms with Crippen LogP contribution in [-0.4, -0.2) is 74.9 Å². The third-order valence-electron chi connectivity index (χ3n) is 14.2. The molecular formula is C78H129NO8P+. The van der Waals surface area contributed by atoms with Gasteiger partial charge in [0.1, 0.15) is 19.8 Å². The van der Waals surface area contributed by atoms with Crippen molar-refractivity contribution in [1.29, 1.82) is 0 Å². The third-order valence-corrected chi connectivity index (χ3v) is 15.2. The van der Waals surface area contributed by atoms with Gasteiger partial charge in [-0.15, -0.1) is 0 Å². The molecule has 2 atom stereocenters. The highest BCUT2D eigenvalue weighted by Crippen LogP contribution is 2.43. The van der Waals surface area contributed by atoms with E-state index in [9.17, 15) is 19.0 Å². The molecule has 88 heavy (non-hydrogen) atoms. The van der Waals surface area contributed by atoms with Crippen molar-refractivity contribution in [2.45, 2.75) is 264 Å². The summed E-state index contributed by atoms with van der Waals surface area (Å²) in [6.07, 6.45) is 102. The number of unbranched alkanes of at least 4 members (excludes halogenated alkanes) is 20. The summed E-state index contributed by atoms with van der Waals surface area (Å²) in [4.78, 5) is 35.9. The molecule has 0 bridgehead atoms. The van der Waals surface area contributed by atoms with Gasteiger partial charge in [-0.2, -0.15) is 0 Å². The van der Waals surface area contributed by atoms with Gasteiger partial charge in [-0.05, 0) is 128 Å². The van der Waals surface area contributed by atoms with Gasteiger partial charge < -0.3 is 18.9 Å². The predicted molar refractivity (Wildman–Crippen MR) is 380 cm³/mol. The molecule has 0 aliphatic rings. The van der Waals surface area contributed by atoms with Gasteiger partial charge in [-0.1, -0.05) is 287 Å². The average Bonchev–Trinajstić information content (AvgIpc) is 3.68. The van der Waals surface area contributed by atoms with Crippen molar-refractivity contribution in [3.05, 3.63) is 170 Å². The van der Waals surface area contributed by atoms with Crippen LogP contribution >= 0.6 is 7.82 Å². The fraction of sp³-hybridized carbons (Fsp3) is 0.615. The van der Waals surface area contributed by atoms with E-state index in [-0.39, 0.29) is 32.0 Å². The number of hydrogen-bond acceptors (Lipinski definition) is 7. The molecule has 0 saturated carbocycles. The Morgan fingerprint density at radius 2 is 0.614 bits per heavy atom. The standard InChI is InChI=1S/C78H128NO8P/c1-6-8-10-12-14-16-18-20-22-24-26-28-30-32-34-35-36-37-38-39-40-41-42-43-45-47-49-51-53-55-57-59-61-63-65-67-69-71-78(81)87-76(75-86-88(82,83)85-73-72-79(3,4)5)74-84-77(80)70-68-66-64-62-60-58-56-54-52-50-48-46-44-33-31-29-27-25-23-21-19-17-15-13-11-9-7-2/h8-11,14-17,20-23,26-29,32-34,36-37,39-40,42-44,48,50,76H,6-7,12-13,18-19,24-25,30-31,35,38,41,45-47,49,51-75H2,1-5H3/p+1/b10-8-,11-9-,16-14-,17-15-,22-20-,23-21-,28-26-,29-27-,34-32-,37-36-,40-39-,43-42-,44-33-,50-48-. The van der Waals surface area contributed by atoms with Gasteiger partial charge >= 0.3 is 19.8 Å². The monoisotopic (exact) mass is 1240 g/mol. The zero-order valence-electron chi connectivity index (χ0n) is 56.6. The van der Waals surface area contributed by atoms with Crippen LogP contribution in [0, 0.1) is 0 Å². The van der Waals surface area contributed by atoms with Crippen molar-refractivity contribution in [3.8, 4) is 0 Å². The van der Waals surface area contributed by atoms with Crippen LogP contribution in [-0.2, 0) is 32.7 Å². The molecule has 0 spiro atoms. The van der Waals surface area contributed by atoms with Crippen molar-refractivity contribution in [3.63, 3.8) is 0 Å². The minimum Gasteiger partial charge on any atom is -0.462 e. The van der Waals surface area contributed by atoms with Crippen LogP contribution < -0.4 is 0 Å². The number of carbonyl (C=O) groups is 2. The number of rotatable bonds is 62. The lowest BCUT2D eigenvalue weighted by Gasteiger charge is -2.24. The lowest BCUT2D eigenvalue weighted by molar-refractivity contribution is -0.870. The van der Waals surface area contributed by atoms with Crippen LogP contribution in [0.5, 0.6) is 0 Å². The minimum absolute atomic E-state index is 0.0214. The summed E-state index contributed by atoms with van der Waals surface area (Å²) in [5.74, 6) is -0.817. The van der Waals surface area contributed by atoms with E-state index in [1.807, 2.05) is 21.1 Å². The van der Waals surface area contributed by atoms with Gasteiger partial charge in [0, 0.05) is 12.8 Å². The SMILES string of the molecule is CC/C=C\C/C=C\C/C=C\C/C=C\C/C=C\C/C=C\C/C=C\C/C=C\CCCCCCCCCCCCCCC(=O)OC(COC(=O)CCCCCCCCCC/C=C\C/C=C\C/C=C\C/C=C\C/C=C\C/C=C\CC)COP(=O)(O)OCC[N+](C)(C)C. The summed E-state index contributed by atoms with van der Waals surface area (Å²) in [7, 11) is 1.45. The van der Waals surface area contributed by atoms with Crippen LogP contribution in [0.1, 0.15) is 258 Å². The molecule has 9 nitrogen and oxygen atoms in total. The van der Waals surface area contributed by atoms with Gasteiger partial charge in [0.15, 0.2) is 6.10 Å². The van der Waals surface area contributed by atoms with Gasteiger partial charge in [0.2, 0.25) is 0 Å². The molecule has 0 aliphatic carbocycles. The average molecular weight is 1240 g/mol. The Morgan fingerprint density at radius 1 is 0.352 bits per heavy atom. The number of carbonyl (C=O) groups excluding carboxylic acids is 2. The maximum Gasteiger partial charge on any atom is 0.472 e. The summed E-state index contributed by atoms with van der Waals surface area (Å²) in [6, 6.07) is 0. The fourth-order valence-corrected chi connectivity index (χ4v) is 9.72. The van der Waals surface area contributed by atoms with E-state index < -0.39 is 26.5 Å². The second-order valence-corrected chi connectivity index (χ2v) is 25.3. The first-order valence-electron chi connectivity index (χ1n) is 34.9. The molecule has 0 aromatic heterocycles. The van der Waals surface area contributed by atoms with E-state index in [1.165, 1.54) is 83.5 Å². The molecule has 0 rings (SSSR count). The molecule has 0 aromatic carbocycles. The molecule has 1 N–H and O–H groups in total. The van der Waals surface area contributed by atoms with Crippen molar-refractivity contribution in [2.24, 2.45) is 0 Å². The van der Waals surface area contributed by atoms with Gasteiger partial charge in [-0.25, -0.2) is 4.57 Å². The summed E-state index contributed by atoms with van der Waals surface area (Å²) in [5.41, 5.74) is 0. The van der Waals surface area contributed by atoms with Crippen molar-refractivity contribution < 1.29 is 42.1 Å². The normalized spacial score (nSPS) is 14.2. The van der Waals surface area contributed by atoms with Crippen LogP contribution in [0.4, 0.5) is 0 Å². The summed E-state index contributed by atoms with van der Waals surface area (Å²) >= 11 is 0. The third kappa shape index (κ3) is 70.5. The molecular weight excluding hydrogens is 1110 g/mol. The first kappa shape index (κ1) is 83.4. The quantitative estimate of drug-likeness (QED) is 0.0211. The predicted octanol–water partition coefficient (Wildman–Crippen LogP) is 22.9. The number of esters is 2. The van der Waals surface area contributed by atoms with Crippen LogP contribution in [0.3, 0.4) is 0 Å². The highest BCUT2D eigenvalue weighted by Gasteiger charge is 2.27. The summed E-state index contributed by atoms with van der Waals surface area (Å²) in [5, 5.41) is 0. The highest BCUT2D eigenvalue weighted by atomic mass is 31.2. The molecule has 0 aromatic rings. The Kier molecular flexibility index (Phi) is 63.3. The van der Waals surface area contributed by atoms with Crippen molar-refractivity contribution in [1.82, 2.24) is 0 Å². The lowest BCUT2D eigenvalue weighted by Crippen LogP contribution is -2.37. The number of phosphoric acid groups is 1. The summed E-state index contributed by atoms with van der Waals surface area (Å²) < 4.78 is 34.7. The van der Waals surface area contributed by atoms with E-state index >= 15 is 0 Å². The van der Waals surface area contributed by atoms with Crippen LogP contribution in [0.15, 0.2) is 170 Å². The molecule has 0 aliphatic heterocycles. The second-order valence-electron chi connectivity index (χ2n) is 23.8. The smallest absolute Gasteiger partial charge is 0.462 e. The van der Waals surface area contributed by atoms with Gasteiger partial charge in [0.25, 0.3) is 0 Å². The van der Waals surface area contributed by atoms with Crippen LogP contribution in [0.25, 0.3) is 0 Å². The Hall–Kier alpha value is -4.63. The molecule has 0 radical (unpaired) electrons. The molecule has 498 valence electrons. The number of allylic oxidation sites excluding steroid dienone is 28. The zero-order valence-corrected chi connectivity index (χ0v) is 57.5. The zero-order chi connectivity index (χ0) is 64.1. The van der Waals surface area contributed by atoms with E-state index in [1.54, 1.807) is 0 Å². The Labute approximate surface area is 540 Å². The highest BCUT2D eigenvalue weighted by molar-refractivity contribution is 7.47. The number of likely N-dealkylation sites (N-methyl/N-ethyl adjacent to an activating group) is 1. The minimum atomic E-state index is -4.41. The Morgan fingerprint density at radius 3 is 0.909 bits per heavy atom. The fourth-order valence-electron chi connectivity index (χ4n) is 8.98. The molecule has 0 fully saturated rings. The molecule has 0 saturated heterocycles. The molecule has 2 unspecified atom stereocenters. The number of hydrogen-bond donors (Lipinski definition) is 1. The molecule has 10 heteroatoms. The van der Waals surface area contributed by atoms with E-state index in [4.69, 9.17) is 18.5 Å². The lowest BCUT2D eigenvalue weighted by atomic mass is 10.0. The van der Waals surface area contributed by atoms with E-state index in [0.717, 1.165) is 141 Å².